The molecule has 2 atom stereocenters. The van der Waals surface area contributed by atoms with Crippen LogP contribution in [0.15, 0.2) is 0 Å². The van der Waals surface area contributed by atoms with Crippen LogP contribution < -0.4 is 0 Å². The molecule has 1 N–H and O–H groups in total. The van der Waals surface area contributed by atoms with Gasteiger partial charge in [-0.2, -0.15) is 0 Å². The van der Waals surface area contributed by atoms with Gasteiger partial charge in [0.05, 0.1) is 5.92 Å². The van der Waals surface area contributed by atoms with Crippen LogP contribution in [0.3, 0.4) is 0 Å². The molecule has 0 spiro atoms. The van der Waals surface area contributed by atoms with E-state index < -0.39 is 5.97 Å². The summed E-state index contributed by atoms with van der Waals surface area (Å²) in [6.45, 7) is 2.25. The van der Waals surface area contributed by atoms with Crippen LogP contribution in [0.5, 0.6) is 0 Å². The molecule has 0 aromatic heterocycles. The lowest BCUT2D eigenvalue weighted by atomic mass is 9.90. The predicted molar refractivity (Wildman–Crippen MR) is 75.7 cm³/mol. The van der Waals surface area contributed by atoms with Crippen LogP contribution in [0, 0.1) is 11.8 Å². The van der Waals surface area contributed by atoms with E-state index >= 15 is 0 Å². The van der Waals surface area contributed by atoms with E-state index in [2.05, 4.69) is 6.92 Å². The van der Waals surface area contributed by atoms with Gasteiger partial charge in [0.15, 0.2) is 0 Å². The van der Waals surface area contributed by atoms with Gasteiger partial charge in [-0.3, -0.25) is 4.79 Å². The summed E-state index contributed by atoms with van der Waals surface area (Å²) in [6.07, 6.45) is 15.0. The fourth-order valence-electron chi connectivity index (χ4n) is 3.25. The molecule has 2 unspecified atom stereocenters. The molecule has 1 saturated carbocycles. The zero-order chi connectivity index (χ0) is 13.2. The minimum Gasteiger partial charge on any atom is -0.481 e. The van der Waals surface area contributed by atoms with E-state index in [9.17, 15) is 4.79 Å². The second kappa shape index (κ2) is 9.41. The molecular weight excluding hydrogens is 224 g/mol. The van der Waals surface area contributed by atoms with E-state index in [-0.39, 0.29) is 5.92 Å². The Morgan fingerprint density at radius 1 is 1.00 bits per heavy atom. The Morgan fingerprint density at radius 2 is 1.61 bits per heavy atom. The maximum atomic E-state index is 11.0. The van der Waals surface area contributed by atoms with E-state index in [1.807, 2.05) is 0 Å². The topological polar surface area (TPSA) is 37.3 Å². The van der Waals surface area contributed by atoms with Crippen LogP contribution in [0.1, 0.15) is 84.0 Å². The largest absolute Gasteiger partial charge is 0.481 e. The summed E-state index contributed by atoms with van der Waals surface area (Å²) in [5.74, 6) is -0.116. The van der Waals surface area contributed by atoms with Crippen LogP contribution >= 0.6 is 0 Å². The van der Waals surface area contributed by atoms with E-state index in [1.165, 1.54) is 51.4 Å². The average molecular weight is 254 g/mol. The molecule has 1 rings (SSSR count). The Kier molecular flexibility index (Phi) is 8.11. The summed E-state index contributed by atoms with van der Waals surface area (Å²) in [5.41, 5.74) is 0. The highest BCUT2D eigenvalue weighted by Gasteiger charge is 2.31. The van der Waals surface area contributed by atoms with Crippen molar-refractivity contribution in [1.29, 1.82) is 0 Å². The maximum absolute atomic E-state index is 11.0. The normalized spacial score (nSPS) is 23.4. The maximum Gasteiger partial charge on any atom is 0.306 e. The van der Waals surface area contributed by atoms with Crippen molar-refractivity contribution in [1.82, 2.24) is 0 Å². The molecule has 1 aliphatic rings. The van der Waals surface area contributed by atoms with Crippen molar-refractivity contribution in [3.8, 4) is 0 Å². The second-order valence-corrected chi connectivity index (χ2v) is 5.90. The van der Waals surface area contributed by atoms with Crippen LogP contribution in [0.4, 0.5) is 0 Å². The minimum atomic E-state index is -0.558. The van der Waals surface area contributed by atoms with Gasteiger partial charge in [-0.25, -0.2) is 0 Å². The Balaban J connectivity index is 1.96. The lowest BCUT2D eigenvalue weighted by Gasteiger charge is -2.15. The standard InChI is InChI=1S/C16H30O2/c1-2-3-4-5-6-7-8-9-11-14-12-10-13-15(14)16(17)18/h14-15H,2-13H2,1H3,(H,17,18). The van der Waals surface area contributed by atoms with Gasteiger partial charge in [0.25, 0.3) is 0 Å². The van der Waals surface area contributed by atoms with E-state index in [1.54, 1.807) is 0 Å². The van der Waals surface area contributed by atoms with Crippen LogP contribution in [0.25, 0.3) is 0 Å². The fraction of sp³-hybridized carbons (Fsp3) is 0.938. The van der Waals surface area contributed by atoms with Crippen LogP contribution in [0.2, 0.25) is 0 Å². The molecule has 18 heavy (non-hydrogen) atoms. The molecule has 0 radical (unpaired) electrons. The Labute approximate surface area is 112 Å². The second-order valence-electron chi connectivity index (χ2n) is 5.90. The zero-order valence-electron chi connectivity index (χ0n) is 12.0. The molecule has 0 saturated heterocycles. The molecule has 0 aromatic carbocycles. The summed E-state index contributed by atoms with van der Waals surface area (Å²) >= 11 is 0. The molecule has 0 amide bonds. The van der Waals surface area contributed by atoms with Gasteiger partial charge < -0.3 is 5.11 Å². The van der Waals surface area contributed by atoms with Crippen molar-refractivity contribution >= 4 is 5.97 Å². The van der Waals surface area contributed by atoms with Crippen molar-refractivity contribution < 1.29 is 9.90 Å². The number of hydrogen-bond acceptors (Lipinski definition) is 1. The fourth-order valence-corrected chi connectivity index (χ4v) is 3.25. The highest BCUT2D eigenvalue weighted by Crippen LogP contribution is 2.35. The van der Waals surface area contributed by atoms with Crippen molar-refractivity contribution in [3.05, 3.63) is 0 Å². The summed E-state index contributed by atoms with van der Waals surface area (Å²) in [7, 11) is 0. The van der Waals surface area contributed by atoms with Crippen molar-refractivity contribution in [2.45, 2.75) is 84.0 Å². The molecule has 0 heterocycles. The molecule has 2 nitrogen and oxygen atoms in total. The molecule has 1 aliphatic carbocycles. The van der Waals surface area contributed by atoms with Gasteiger partial charge in [-0.15, -0.1) is 0 Å². The first kappa shape index (κ1) is 15.5. The number of carbonyl (C=O) groups is 1. The van der Waals surface area contributed by atoms with Crippen molar-refractivity contribution in [3.63, 3.8) is 0 Å². The zero-order valence-corrected chi connectivity index (χ0v) is 12.0. The van der Waals surface area contributed by atoms with Crippen LogP contribution in [-0.4, -0.2) is 11.1 Å². The number of aliphatic carboxylic acids is 1. The Hall–Kier alpha value is -0.530. The van der Waals surface area contributed by atoms with E-state index in [0.717, 1.165) is 25.7 Å². The van der Waals surface area contributed by atoms with Crippen molar-refractivity contribution in [2.24, 2.45) is 11.8 Å². The number of carboxylic acids is 1. The van der Waals surface area contributed by atoms with E-state index in [4.69, 9.17) is 5.11 Å². The monoisotopic (exact) mass is 254 g/mol. The molecule has 2 heteroatoms. The lowest BCUT2D eigenvalue weighted by molar-refractivity contribution is -0.143. The smallest absolute Gasteiger partial charge is 0.306 e. The highest BCUT2D eigenvalue weighted by atomic mass is 16.4. The SMILES string of the molecule is CCCCCCCCCCC1CCCC1C(=O)O. The Bertz CT molecular complexity index is 225. The van der Waals surface area contributed by atoms with Crippen LogP contribution in [-0.2, 0) is 4.79 Å². The quantitative estimate of drug-likeness (QED) is 0.556. The summed E-state index contributed by atoms with van der Waals surface area (Å²) in [4.78, 5) is 11.0. The molecule has 106 valence electrons. The summed E-state index contributed by atoms with van der Waals surface area (Å²) < 4.78 is 0. The van der Waals surface area contributed by atoms with Gasteiger partial charge in [0.1, 0.15) is 0 Å². The van der Waals surface area contributed by atoms with Gasteiger partial charge in [0, 0.05) is 0 Å². The molecular formula is C16H30O2. The third-order valence-electron chi connectivity index (χ3n) is 4.40. The first-order chi connectivity index (χ1) is 8.75. The molecule has 0 aliphatic heterocycles. The number of carboxylic acid groups (broad SMARTS) is 1. The molecule has 1 fully saturated rings. The molecule has 0 bridgehead atoms. The highest BCUT2D eigenvalue weighted by molar-refractivity contribution is 5.70. The average Bonchev–Trinajstić information content (AvgIpc) is 2.81. The third kappa shape index (κ3) is 5.88. The first-order valence-electron chi connectivity index (χ1n) is 7.98. The third-order valence-corrected chi connectivity index (χ3v) is 4.40. The molecule has 0 aromatic rings. The summed E-state index contributed by atoms with van der Waals surface area (Å²) in [6, 6.07) is 0. The number of unbranched alkanes of at least 4 members (excludes halogenated alkanes) is 7. The lowest BCUT2D eigenvalue weighted by Crippen LogP contribution is -2.18. The summed E-state index contributed by atoms with van der Waals surface area (Å²) in [5, 5.41) is 9.11. The predicted octanol–water partition coefficient (Wildman–Crippen LogP) is 5.02. The van der Waals surface area contributed by atoms with Crippen molar-refractivity contribution in [2.75, 3.05) is 0 Å². The van der Waals surface area contributed by atoms with E-state index in [0.29, 0.717) is 5.92 Å². The number of hydrogen-bond donors (Lipinski definition) is 1. The first-order valence-corrected chi connectivity index (χ1v) is 7.98. The van der Waals surface area contributed by atoms with Gasteiger partial charge in [-0.1, -0.05) is 64.7 Å². The van der Waals surface area contributed by atoms with Gasteiger partial charge in [-0.05, 0) is 25.2 Å². The minimum absolute atomic E-state index is 0.0328. The Morgan fingerprint density at radius 3 is 2.22 bits per heavy atom. The number of rotatable bonds is 10. The van der Waals surface area contributed by atoms with Gasteiger partial charge >= 0.3 is 5.97 Å². The van der Waals surface area contributed by atoms with Gasteiger partial charge in [0.2, 0.25) is 0 Å².